The Kier molecular flexibility index (Phi) is 4.24. The molecule has 0 spiro atoms. The van der Waals surface area contributed by atoms with E-state index in [1.807, 2.05) is 0 Å². The highest BCUT2D eigenvalue weighted by Gasteiger charge is 2.21. The maximum atomic E-state index is 10.9. The molecular formula is C14H21N3O2. The molecule has 0 bridgehead atoms. The fourth-order valence-corrected chi connectivity index (χ4v) is 2.61. The van der Waals surface area contributed by atoms with Gasteiger partial charge < -0.3 is 16.2 Å². The monoisotopic (exact) mass is 263 g/mol. The predicted molar refractivity (Wildman–Crippen MR) is 75.3 cm³/mol. The van der Waals surface area contributed by atoms with Crippen LogP contribution < -0.4 is 11.1 Å². The Balaban J connectivity index is 2.03. The number of nitrogens with two attached hydrogens (primary N) is 1. The van der Waals surface area contributed by atoms with Crippen LogP contribution >= 0.6 is 0 Å². The summed E-state index contributed by atoms with van der Waals surface area (Å²) in [6.45, 7) is 2.23. The molecule has 0 saturated heterocycles. The van der Waals surface area contributed by atoms with E-state index in [0.29, 0.717) is 17.5 Å². The first kappa shape index (κ1) is 13.6. The van der Waals surface area contributed by atoms with Gasteiger partial charge in [-0.2, -0.15) is 0 Å². The molecule has 0 aromatic carbocycles. The SMILES string of the molecule is CCC1CCC(Nc2nc(C(=O)O)ccc2N)CC1. The number of anilines is 2. The maximum absolute atomic E-state index is 10.9. The van der Waals surface area contributed by atoms with Crippen LogP contribution in [0.5, 0.6) is 0 Å². The van der Waals surface area contributed by atoms with Gasteiger partial charge in [-0.05, 0) is 43.7 Å². The zero-order valence-corrected chi connectivity index (χ0v) is 11.2. The Morgan fingerprint density at radius 1 is 1.42 bits per heavy atom. The highest BCUT2D eigenvalue weighted by Crippen LogP contribution is 2.29. The first-order valence-electron chi connectivity index (χ1n) is 6.86. The molecular weight excluding hydrogens is 242 g/mol. The summed E-state index contributed by atoms with van der Waals surface area (Å²) in [6, 6.07) is 3.37. The van der Waals surface area contributed by atoms with Crippen LogP contribution in [0.4, 0.5) is 11.5 Å². The van der Waals surface area contributed by atoms with E-state index in [0.717, 1.165) is 18.8 Å². The second kappa shape index (κ2) is 5.91. The summed E-state index contributed by atoms with van der Waals surface area (Å²) in [5, 5.41) is 12.2. The molecule has 1 fully saturated rings. The molecule has 19 heavy (non-hydrogen) atoms. The van der Waals surface area contributed by atoms with Crippen LogP contribution in [0.2, 0.25) is 0 Å². The van der Waals surface area contributed by atoms with Crippen LogP contribution in [-0.2, 0) is 0 Å². The number of aromatic carboxylic acids is 1. The van der Waals surface area contributed by atoms with Gasteiger partial charge in [0.1, 0.15) is 5.82 Å². The summed E-state index contributed by atoms with van der Waals surface area (Å²) in [5.74, 6) is 0.297. The van der Waals surface area contributed by atoms with E-state index in [1.165, 1.54) is 25.3 Å². The number of carbonyl (C=O) groups is 1. The van der Waals surface area contributed by atoms with Crippen LogP contribution in [0.15, 0.2) is 12.1 Å². The number of carboxylic acid groups (broad SMARTS) is 1. The summed E-state index contributed by atoms with van der Waals surface area (Å²) in [7, 11) is 0. The van der Waals surface area contributed by atoms with Crippen molar-refractivity contribution in [3.05, 3.63) is 17.8 Å². The number of nitrogens with zero attached hydrogens (tertiary/aromatic N) is 1. The third kappa shape index (κ3) is 3.36. The number of carboxylic acids is 1. The van der Waals surface area contributed by atoms with Crippen molar-refractivity contribution in [2.45, 2.75) is 45.1 Å². The molecule has 0 aliphatic heterocycles. The highest BCUT2D eigenvalue weighted by molar-refractivity contribution is 5.86. The number of aromatic nitrogens is 1. The highest BCUT2D eigenvalue weighted by atomic mass is 16.4. The molecule has 0 atom stereocenters. The van der Waals surface area contributed by atoms with Crippen LogP contribution in [-0.4, -0.2) is 22.1 Å². The van der Waals surface area contributed by atoms with E-state index in [2.05, 4.69) is 17.2 Å². The molecule has 0 unspecified atom stereocenters. The Hall–Kier alpha value is -1.78. The standard InChI is InChI=1S/C14H21N3O2/c1-2-9-3-5-10(6-4-9)16-13-11(15)7-8-12(17-13)14(18)19/h7-10H,2-6,15H2,1H3,(H,16,17)(H,18,19). The Morgan fingerprint density at radius 2 is 2.11 bits per heavy atom. The minimum atomic E-state index is -1.03. The van der Waals surface area contributed by atoms with Crippen molar-refractivity contribution in [2.75, 3.05) is 11.1 Å². The number of nitrogen functional groups attached to an aromatic ring is 1. The summed E-state index contributed by atoms with van der Waals surface area (Å²) in [6.07, 6.45) is 5.86. The first-order chi connectivity index (χ1) is 9.10. The minimum Gasteiger partial charge on any atom is -0.477 e. The normalized spacial score (nSPS) is 23.0. The lowest BCUT2D eigenvalue weighted by atomic mass is 9.84. The lowest BCUT2D eigenvalue weighted by molar-refractivity contribution is 0.0690. The molecule has 0 radical (unpaired) electrons. The van der Waals surface area contributed by atoms with Gasteiger partial charge in [-0.25, -0.2) is 9.78 Å². The molecule has 5 nitrogen and oxygen atoms in total. The molecule has 1 aromatic heterocycles. The van der Waals surface area contributed by atoms with E-state index >= 15 is 0 Å². The lowest BCUT2D eigenvalue weighted by Crippen LogP contribution is -2.27. The molecule has 1 aromatic rings. The van der Waals surface area contributed by atoms with Crippen LogP contribution in [0.3, 0.4) is 0 Å². The molecule has 104 valence electrons. The first-order valence-corrected chi connectivity index (χ1v) is 6.86. The van der Waals surface area contributed by atoms with Gasteiger partial charge in [0, 0.05) is 6.04 Å². The molecule has 4 N–H and O–H groups in total. The van der Waals surface area contributed by atoms with Gasteiger partial charge in [0.2, 0.25) is 0 Å². The van der Waals surface area contributed by atoms with Crippen molar-refractivity contribution < 1.29 is 9.90 Å². The molecule has 1 aliphatic rings. The van der Waals surface area contributed by atoms with Crippen LogP contribution in [0.1, 0.15) is 49.5 Å². The van der Waals surface area contributed by atoms with E-state index in [-0.39, 0.29) is 5.69 Å². The molecule has 1 saturated carbocycles. The topological polar surface area (TPSA) is 88.2 Å². The maximum Gasteiger partial charge on any atom is 0.354 e. The van der Waals surface area contributed by atoms with E-state index in [4.69, 9.17) is 10.8 Å². The van der Waals surface area contributed by atoms with Crippen LogP contribution in [0.25, 0.3) is 0 Å². The van der Waals surface area contributed by atoms with Crippen molar-refractivity contribution in [2.24, 2.45) is 5.92 Å². The van der Waals surface area contributed by atoms with E-state index in [9.17, 15) is 4.79 Å². The average Bonchev–Trinajstić information content (AvgIpc) is 2.42. The van der Waals surface area contributed by atoms with Gasteiger partial charge in [-0.15, -0.1) is 0 Å². The number of pyridine rings is 1. The zero-order valence-electron chi connectivity index (χ0n) is 11.2. The largest absolute Gasteiger partial charge is 0.477 e. The van der Waals surface area contributed by atoms with Crippen molar-refractivity contribution >= 4 is 17.5 Å². The molecule has 2 rings (SSSR count). The molecule has 1 aliphatic carbocycles. The van der Waals surface area contributed by atoms with E-state index < -0.39 is 5.97 Å². The Morgan fingerprint density at radius 3 is 2.68 bits per heavy atom. The van der Waals surface area contributed by atoms with Crippen molar-refractivity contribution in [1.29, 1.82) is 0 Å². The zero-order chi connectivity index (χ0) is 13.8. The molecule has 5 heteroatoms. The summed E-state index contributed by atoms with van der Waals surface area (Å²) >= 11 is 0. The van der Waals surface area contributed by atoms with Crippen molar-refractivity contribution in [3.63, 3.8) is 0 Å². The second-order valence-corrected chi connectivity index (χ2v) is 5.21. The third-order valence-corrected chi connectivity index (χ3v) is 3.91. The Labute approximate surface area is 113 Å². The van der Waals surface area contributed by atoms with Crippen molar-refractivity contribution in [1.82, 2.24) is 4.98 Å². The quantitative estimate of drug-likeness (QED) is 0.777. The van der Waals surface area contributed by atoms with Gasteiger partial charge in [-0.3, -0.25) is 0 Å². The summed E-state index contributed by atoms with van der Waals surface area (Å²) < 4.78 is 0. The lowest BCUT2D eigenvalue weighted by Gasteiger charge is -2.29. The fraction of sp³-hybridized carbons (Fsp3) is 0.571. The summed E-state index contributed by atoms with van der Waals surface area (Å²) in [5.41, 5.74) is 6.37. The average molecular weight is 263 g/mol. The van der Waals surface area contributed by atoms with Gasteiger partial charge >= 0.3 is 5.97 Å². The predicted octanol–water partition coefficient (Wildman–Crippen LogP) is 2.74. The minimum absolute atomic E-state index is 0.0268. The summed E-state index contributed by atoms with van der Waals surface area (Å²) in [4.78, 5) is 15.0. The Bertz CT molecular complexity index is 454. The van der Waals surface area contributed by atoms with Gasteiger partial charge in [0.25, 0.3) is 0 Å². The van der Waals surface area contributed by atoms with Crippen LogP contribution in [0, 0.1) is 5.92 Å². The fourth-order valence-electron chi connectivity index (χ4n) is 2.61. The number of rotatable bonds is 4. The van der Waals surface area contributed by atoms with E-state index in [1.54, 1.807) is 6.07 Å². The number of nitrogens with one attached hydrogen (secondary N) is 1. The van der Waals surface area contributed by atoms with Gasteiger partial charge in [-0.1, -0.05) is 13.3 Å². The van der Waals surface area contributed by atoms with Gasteiger partial charge in [0.15, 0.2) is 5.69 Å². The molecule has 0 amide bonds. The number of hydrogen-bond donors (Lipinski definition) is 3. The third-order valence-electron chi connectivity index (χ3n) is 3.91. The molecule has 1 heterocycles. The van der Waals surface area contributed by atoms with Gasteiger partial charge in [0.05, 0.1) is 5.69 Å². The second-order valence-electron chi connectivity index (χ2n) is 5.21. The number of hydrogen-bond acceptors (Lipinski definition) is 4. The van der Waals surface area contributed by atoms with Crippen molar-refractivity contribution in [3.8, 4) is 0 Å². The smallest absolute Gasteiger partial charge is 0.354 e.